The summed E-state index contributed by atoms with van der Waals surface area (Å²) < 4.78 is 44.7. The lowest BCUT2D eigenvalue weighted by molar-refractivity contribution is -0.141. The molecular weight excluding hydrogens is 481 g/mol. The van der Waals surface area contributed by atoms with Crippen LogP contribution in [0.5, 0.6) is 0 Å². The summed E-state index contributed by atoms with van der Waals surface area (Å²) in [5.41, 5.74) is 5.86. The van der Waals surface area contributed by atoms with Crippen molar-refractivity contribution in [3.8, 4) is 11.1 Å². The summed E-state index contributed by atoms with van der Waals surface area (Å²) in [7, 11) is 1.67. The van der Waals surface area contributed by atoms with E-state index in [-0.39, 0.29) is 24.4 Å². The van der Waals surface area contributed by atoms with Gasteiger partial charge in [0.2, 0.25) is 5.91 Å². The smallest absolute Gasteiger partial charge is 0.381 e. The molecule has 1 saturated heterocycles. The van der Waals surface area contributed by atoms with E-state index in [2.05, 4.69) is 38.7 Å². The zero-order valence-electron chi connectivity index (χ0n) is 20.7. The van der Waals surface area contributed by atoms with Crippen molar-refractivity contribution < 1.29 is 22.7 Å². The van der Waals surface area contributed by atoms with Crippen LogP contribution in [-0.4, -0.2) is 43.7 Å². The number of hydrogen-bond donors (Lipinski definition) is 2. The third kappa shape index (κ3) is 5.13. The van der Waals surface area contributed by atoms with Gasteiger partial charge in [-0.2, -0.15) is 13.2 Å². The molecule has 1 aromatic heterocycles. The summed E-state index contributed by atoms with van der Waals surface area (Å²) in [5.74, 6) is -0.134. The van der Waals surface area contributed by atoms with E-state index in [1.165, 1.54) is 6.20 Å². The zero-order valence-corrected chi connectivity index (χ0v) is 20.7. The molecular formula is C28H29F3N4O2. The molecule has 9 heteroatoms. The van der Waals surface area contributed by atoms with Gasteiger partial charge in [0.15, 0.2) is 0 Å². The Morgan fingerprint density at radius 3 is 2.78 bits per heavy atom. The third-order valence-electron chi connectivity index (χ3n) is 7.21. The molecule has 194 valence electrons. The van der Waals surface area contributed by atoms with E-state index in [0.717, 1.165) is 46.2 Å². The first-order valence-corrected chi connectivity index (χ1v) is 12.3. The molecule has 6 nitrogen and oxygen atoms in total. The number of aromatic nitrogens is 1. The van der Waals surface area contributed by atoms with Gasteiger partial charge in [0, 0.05) is 37.7 Å². The van der Waals surface area contributed by atoms with Gasteiger partial charge >= 0.3 is 6.18 Å². The topological polar surface area (TPSA) is 66.5 Å². The van der Waals surface area contributed by atoms with Gasteiger partial charge in [0.25, 0.3) is 0 Å². The van der Waals surface area contributed by atoms with E-state index >= 15 is 0 Å². The fourth-order valence-electron chi connectivity index (χ4n) is 5.24. The highest BCUT2D eigenvalue weighted by Crippen LogP contribution is 2.39. The molecule has 2 aliphatic rings. The first kappa shape index (κ1) is 25.1. The Kier molecular flexibility index (Phi) is 6.81. The van der Waals surface area contributed by atoms with E-state index < -0.39 is 11.9 Å². The average molecular weight is 511 g/mol. The van der Waals surface area contributed by atoms with Crippen LogP contribution in [0.3, 0.4) is 0 Å². The number of nitrogens with one attached hydrogen (secondary N) is 2. The van der Waals surface area contributed by atoms with Crippen LogP contribution in [0.1, 0.15) is 22.4 Å². The maximum atomic E-state index is 13.0. The number of pyridine rings is 1. The van der Waals surface area contributed by atoms with E-state index in [1.54, 1.807) is 13.1 Å². The van der Waals surface area contributed by atoms with Crippen LogP contribution in [0.4, 0.5) is 24.5 Å². The number of morpholine rings is 1. The number of ether oxygens (including phenoxy) is 1. The lowest BCUT2D eigenvalue weighted by atomic mass is 9.83. The van der Waals surface area contributed by atoms with Gasteiger partial charge in [-0.1, -0.05) is 18.2 Å². The monoisotopic (exact) mass is 510 g/mol. The fraction of sp³-hybridized carbons (Fsp3) is 0.357. The second-order valence-corrected chi connectivity index (χ2v) is 9.53. The third-order valence-corrected chi connectivity index (χ3v) is 7.21. The molecule has 37 heavy (non-hydrogen) atoms. The van der Waals surface area contributed by atoms with Gasteiger partial charge in [-0.3, -0.25) is 9.78 Å². The first-order chi connectivity index (χ1) is 17.7. The Labute approximate surface area is 213 Å². The molecule has 2 unspecified atom stereocenters. The Morgan fingerprint density at radius 2 is 2.00 bits per heavy atom. The van der Waals surface area contributed by atoms with Crippen molar-refractivity contribution >= 4 is 17.3 Å². The van der Waals surface area contributed by atoms with Crippen LogP contribution in [0.25, 0.3) is 11.1 Å². The van der Waals surface area contributed by atoms with Crippen molar-refractivity contribution in [3.05, 3.63) is 77.1 Å². The molecule has 0 spiro atoms. The van der Waals surface area contributed by atoms with Crippen LogP contribution in [-0.2, 0) is 28.7 Å². The second kappa shape index (κ2) is 10.0. The summed E-state index contributed by atoms with van der Waals surface area (Å²) in [6.07, 6.45) is -2.63. The zero-order chi connectivity index (χ0) is 26.2. The molecule has 0 aliphatic carbocycles. The predicted octanol–water partition coefficient (Wildman–Crippen LogP) is 4.81. The number of aryl methyl sites for hydroxylation is 1. The number of carbonyl (C=O) groups excluding carboxylic acids is 1. The highest BCUT2D eigenvalue weighted by atomic mass is 19.4. The van der Waals surface area contributed by atoms with Crippen molar-refractivity contribution in [2.75, 3.05) is 37.0 Å². The van der Waals surface area contributed by atoms with E-state index in [4.69, 9.17) is 4.74 Å². The van der Waals surface area contributed by atoms with Crippen LogP contribution in [0.2, 0.25) is 0 Å². The lowest BCUT2D eigenvalue weighted by Crippen LogP contribution is -2.56. The number of hydrogen-bond acceptors (Lipinski definition) is 5. The number of anilines is 2. The van der Waals surface area contributed by atoms with Crippen LogP contribution < -0.4 is 15.5 Å². The average Bonchev–Trinajstić information content (AvgIpc) is 2.91. The number of amides is 1. The molecule has 3 heterocycles. The molecule has 2 N–H and O–H groups in total. The second-order valence-electron chi connectivity index (χ2n) is 9.53. The van der Waals surface area contributed by atoms with Gasteiger partial charge in [-0.15, -0.1) is 0 Å². The SMILES string of the molecule is CNC(=O)C1Cc2ccc(-c3cc(NCc4ccnc(C(F)(F)F)c4)ccc3C)cc2N2CCOCC12. The van der Waals surface area contributed by atoms with Gasteiger partial charge in [0.1, 0.15) is 5.69 Å². The number of carbonyl (C=O) groups is 1. The molecule has 0 bridgehead atoms. The number of benzene rings is 2. The molecule has 2 aliphatic heterocycles. The normalized spacial score (nSPS) is 19.1. The summed E-state index contributed by atoms with van der Waals surface area (Å²) in [6.45, 7) is 4.14. The molecule has 2 aromatic carbocycles. The Morgan fingerprint density at radius 1 is 1.16 bits per heavy atom. The van der Waals surface area contributed by atoms with Crippen LogP contribution in [0.15, 0.2) is 54.7 Å². The van der Waals surface area contributed by atoms with Crippen molar-refractivity contribution in [3.63, 3.8) is 0 Å². The lowest BCUT2D eigenvalue weighted by Gasteiger charge is -2.45. The van der Waals surface area contributed by atoms with Crippen molar-refractivity contribution in [2.45, 2.75) is 32.1 Å². The fourth-order valence-corrected chi connectivity index (χ4v) is 5.24. The number of nitrogens with zero attached hydrogens (tertiary/aromatic N) is 2. The molecule has 0 radical (unpaired) electrons. The Hall–Kier alpha value is -3.59. The van der Waals surface area contributed by atoms with Gasteiger partial charge in [-0.05, 0) is 71.5 Å². The standard InChI is InChI=1S/C28H29F3N4O2/c1-17-3-6-21(34-15-18-7-8-33-26(11-18)28(29,30)31)14-22(17)19-4-5-20-12-23(27(36)32-2)25-16-37-10-9-35(25)24(20)13-19/h3-8,11,13-14,23,25,34H,9-10,12,15-16H2,1-2H3,(H,32,36). The quantitative estimate of drug-likeness (QED) is 0.516. The molecule has 2 atom stereocenters. The summed E-state index contributed by atoms with van der Waals surface area (Å²) >= 11 is 0. The molecule has 1 fully saturated rings. The maximum Gasteiger partial charge on any atom is 0.433 e. The highest BCUT2D eigenvalue weighted by Gasteiger charge is 2.40. The Balaban J connectivity index is 1.41. The molecule has 5 rings (SSSR count). The van der Waals surface area contributed by atoms with Crippen LogP contribution in [0, 0.1) is 12.8 Å². The minimum Gasteiger partial charge on any atom is -0.381 e. The van der Waals surface area contributed by atoms with E-state index in [0.29, 0.717) is 25.2 Å². The molecule has 0 saturated carbocycles. The minimum atomic E-state index is -4.47. The highest BCUT2D eigenvalue weighted by molar-refractivity contribution is 5.83. The first-order valence-electron chi connectivity index (χ1n) is 12.3. The van der Waals surface area contributed by atoms with Gasteiger partial charge < -0.3 is 20.3 Å². The number of alkyl halides is 3. The van der Waals surface area contributed by atoms with Crippen molar-refractivity contribution in [1.82, 2.24) is 10.3 Å². The predicted molar refractivity (Wildman–Crippen MR) is 136 cm³/mol. The minimum absolute atomic E-state index is 0.00694. The largest absolute Gasteiger partial charge is 0.433 e. The Bertz CT molecular complexity index is 1310. The van der Waals surface area contributed by atoms with Crippen molar-refractivity contribution in [2.24, 2.45) is 5.92 Å². The van der Waals surface area contributed by atoms with Crippen molar-refractivity contribution in [1.29, 1.82) is 0 Å². The summed E-state index contributed by atoms with van der Waals surface area (Å²) in [6, 6.07) is 14.9. The number of rotatable bonds is 5. The molecule has 3 aromatic rings. The summed E-state index contributed by atoms with van der Waals surface area (Å²) in [5, 5.41) is 6.04. The van der Waals surface area contributed by atoms with Gasteiger partial charge in [-0.25, -0.2) is 0 Å². The number of halogens is 3. The van der Waals surface area contributed by atoms with E-state index in [9.17, 15) is 18.0 Å². The maximum absolute atomic E-state index is 13.0. The number of fused-ring (bicyclic) bond motifs is 3. The van der Waals surface area contributed by atoms with Crippen LogP contribution >= 0.6 is 0 Å². The van der Waals surface area contributed by atoms with Gasteiger partial charge in [0.05, 0.1) is 25.2 Å². The summed E-state index contributed by atoms with van der Waals surface area (Å²) in [4.78, 5) is 18.3. The molecule has 1 amide bonds. The van der Waals surface area contributed by atoms with E-state index in [1.807, 2.05) is 25.1 Å².